The van der Waals surface area contributed by atoms with Crippen molar-refractivity contribution in [3.05, 3.63) is 0 Å². The Morgan fingerprint density at radius 3 is 1.86 bits per heavy atom. The van der Waals surface area contributed by atoms with Gasteiger partial charge in [0.15, 0.2) is 0 Å². The van der Waals surface area contributed by atoms with E-state index in [0.717, 1.165) is 25.9 Å². The van der Waals surface area contributed by atoms with Gasteiger partial charge in [0, 0.05) is 6.42 Å². The number of carboxylic acids is 1. The van der Waals surface area contributed by atoms with Gasteiger partial charge in [-0.05, 0) is 44.8 Å². The van der Waals surface area contributed by atoms with Crippen LogP contribution in [0.1, 0.15) is 53.9 Å². The summed E-state index contributed by atoms with van der Waals surface area (Å²) in [6, 6.07) is 0. The SMILES string of the molecule is CC.CC(C)(CN)CC(N)=O.CC1(C(=O)O)CCNCC1. The first-order valence-electron chi connectivity index (χ1n) is 7.55. The number of nitrogens with two attached hydrogens (primary N) is 2. The van der Waals surface area contributed by atoms with Gasteiger partial charge in [-0.25, -0.2) is 0 Å². The summed E-state index contributed by atoms with van der Waals surface area (Å²) in [4.78, 5) is 21.0. The van der Waals surface area contributed by atoms with Crippen molar-refractivity contribution < 1.29 is 14.7 Å². The number of hydrogen-bond donors (Lipinski definition) is 4. The highest BCUT2D eigenvalue weighted by molar-refractivity contribution is 5.74. The molecule has 1 aliphatic rings. The van der Waals surface area contributed by atoms with Crippen LogP contribution < -0.4 is 16.8 Å². The molecular weight excluding hydrogens is 270 g/mol. The lowest BCUT2D eigenvalue weighted by molar-refractivity contribution is -0.149. The largest absolute Gasteiger partial charge is 0.481 e. The maximum absolute atomic E-state index is 10.6. The van der Waals surface area contributed by atoms with Gasteiger partial charge in [0.1, 0.15) is 0 Å². The Labute approximate surface area is 128 Å². The molecule has 0 aromatic carbocycles. The van der Waals surface area contributed by atoms with Crippen molar-refractivity contribution in [2.24, 2.45) is 22.3 Å². The molecule has 6 nitrogen and oxygen atoms in total. The van der Waals surface area contributed by atoms with Crippen molar-refractivity contribution in [1.82, 2.24) is 5.32 Å². The summed E-state index contributed by atoms with van der Waals surface area (Å²) in [6.45, 7) is 11.8. The predicted molar refractivity (Wildman–Crippen MR) is 85.8 cm³/mol. The smallest absolute Gasteiger partial charge is 0.309 e. The Morgan fingerprint density at radius 1 is 1.24 bits per heavy atom. The van der Waals surface area contributed by atoms with Crippen LogP contribution in [0.2, 0.25) is 0 Å². The van der Waals surface area contributed by atoms with E-state index >= 15 is 0 Å². The third-order valence-electron chi connectivity index (χ3n) is 3.43. The van der Waals surface area contributed by atoms with Crippen molar-refractivity contribution in [2.75, 3.05) is 19.6 Å². The van der Waals surface area contributed by atoms with Crippen LogP contribution in [0.4, 0.5) is 0 Å². The number of amides is 1. The lowest BCUT2D eigenvalue weighted by Gasteiger charge is -2.29. The zero-order valence-electron chi connectivity index (χ0n) is 14.2. The summed E-state index contributed by atoms with van der Waals surface area (Å²) in [5.41, 5.74) is 9.71. The minimum absolute atomic E-state index is 0.133. The van der Waals surface area contributed by atoms with Gasteiger partial charge in [-0.2, -0.15) is 0 Å². The van der Waals surface area contributed by atoms with Gasteiger partial charge < -0.3 is 21.9 Å². The van der Waals surface area contributed by atoms with Crippen LogP contribution in [0.15, 0.2) is 0 Å². The Balaban J connectivity index is 0. The third-order valence-corrected chi connectivity index (χ3v) is 3.43. The molecule has 21 heavy (non-hydrogen) atoms. The molecule has 126 valence electrons. The van der Waals surface area contributed by atoms with Crippen molar-refractivity contribution in [3.63, 3.8) is 0 Å². The molecule has 1 aliphatic heterocycles. The normalized spacial score (nSPS) is 16.7. The summed E-state index contributed by atoms with van der Waals surface area (Å²) in [6.07, 6.45) is 1.87. The molecule has 0 radical (unpaired) electrons. The highest BCUT2D eigenvalue weighted by Crippen LogP contribution is 2.27. The van der Waals surface area contributed by atoms with E-state index < -0.39 is 11.4 Å². The predicted octanol–water partition coefficient (Wildman–Crippen LogP) is 1.33. The molecule has 1 saturated heterocycles. The summed E-state index contributed by atoms with van der Waals surface area (Å²) < 4.78 is 0. The zero-order chi connectivity index (χ0) is 17.1. The van der Waals surface area contributed by atoms with E-state index in [1.807, 2.05) is 34.6 Å². The summed E-state index contributed by atoms with van der Waals surface area (Å²) in [5, 5.41) is 11.9. The molecular formula is C15H33N3O3. The molecule has 0 aliphatic carbocycles. The van der Waals surface area contributed by atoms with Crippen LogP contribution in [0.25, 0.3) is 0 Å². The quantitative estimate of drug-likeness (QED) is 0.625. The fraction of sp³-hybridized carbons (Fsp3) is 0.867. The van der Waals surface area contributed by atoms with Crippen LogP contribution in [0.5, 0.6) is 0 Å². The molecule has 1 heterocycles. The minimum atomic E-state index is -0.658. The van der Waals surface area contributed by atoms with Crippen molar-refractivity contribution >= 4 is 11.9 Å². The van der Waals surface area contributed by atoms with Gasteiger partial charge >= 0.3 is 5.97 Å². The molecule has 1 fully saturated rings. The topological polar surface area (TPSA) is 118 Å². The monoisotopic (exact) mass is 303 g/mol. The van der Waals surface area contributed by atoms with E-state index in [4.69, 9.17) is 16.6 Å². The molecule has 1 rings (SSSR count). The average molecular weight is 303 g/mol. The number of hydrogen-bond acceptors (Lipinski definition) is 4. The van der Waals surface area contributed by atoms with E-state index in [9.17, 15) is 9.59 Å². The number of carboxylic acid groups (broad SMARTS) is 1. The van der Waals surface area contributed by atoms with Crippen LogP contribution in [-0.2, 0) is 9.59 Å². The minimum Gasteiger partial charge on any atom is -0.481 e. The fourth-order valence-electron chi connectivity index (χ4n) is 1.74. The third kappa shape index (κ3) is 10.3. The summed E-state index contributed by atoms with van der Waals surface area (Å²) >= 11 is 0. The second-order valence-corrected chi connectivity index (χ2v) is 6.13. The lowest BCUT2D eigenvalue weighted by atomic mass is 9.81. The summed E-state index contributed by atoms with van der Waals surface area (Å²) in [5.74, 6) is -0.945. The molecule has 0 bridgehead atoms. The molecule has 0 aromatic heterocycles. The maximum Gasteiger partial charge on any atom is 0.309 e. The first-order valence-corrected chi connectivity index (χ1v) is 7.55. The van der Waals surface area contributed by atoms with Crippen LogP contribution >= 0.6 is 0 Å². The standard InChI is InChI=1S/C7H13NO2.C6H14N2O.C2H6/c1-7(6(9)10)2-4-8-5-3-7;1-6(2,4-7)3-5(8)9;1-2/h8H,2-5H2,1H3,(H,9,10);3-4,7H2,1-2H3,(H2,8,9);1-2H3. The molecule has 6 heteroatoms. The second-order valence-electron chi connectivity index (χ2n) is 6.13. The van der Waals surface area contributed by atoms with E-state index in [1.165, 1.54) is 0 Å². The van der Waals surface area contributed by atoms with Gasteiger partial charge in [0.05, 0.1) is 5.41 Å². The molecule has 0 unspecified atom stereocenters. The van der Waals surface area contributed by atoms with Crippen molar-refractivity contribution in [2.45, 2.75) is 53.9 Å². The van der Waals surface area contributed by atoms with Gasteiger partial charge in [-0.15, -0.1) is 0 Å². The van der Waals surface area contributed by atoms with Crippen molar-refractivity contribution in [1.29, 1.82) is 0 Å². The first kappa shape index (κ1) is 22.1. The van der Waals surface area contributed by atoms with Crippen molar-refractivity contribution in [3.8, 4) is 0 Å². The molecule has 6 N–H and O–H groups in total. The summed E-state index contributed by atoms with van der Waals surface area (Å²) in [7, 11) is 0. The maximum atomic E-state index is 10.6. The number of nitrogens with one attached hydrogen (secondary N) is 1. The van der Waals surface area contributed by atoms with Gasteiger partial charge in [0.25, 0.3) is 0 Å². The molecule has 1 amide bonds. The molecule has 0 saturated carbocycles. The number of carbonyl (C=O) groups is 2. The number of carbonyl (C=O) groups excluding carboxylic acids is 1. The zero-order valence-corrected chi connectivity index (χ0v) is 14.2. The van der Waals surface area contributed by atoms with Gasteiger partial charge in [-0.1, -0.05) is 27.7 Å². The number of primary amides is 1. The molecule has 0 spiro atoms. The molecule has 0 aromatic rings. The fourth-order valence-corrected chi connectivity index (χ4v) is 1.74. The van der Waals surface area contributed by atoms with E-state index in [-0.39, 0.29) is 11.3 Å². The van der Waals surface area contributed by atoms with Gasteiger partial charge in [0.2, 0.25) is 5.91 Å². The average Bonchev–Trinajstić information content (AvgIpc) is 2.41. The number of piperidine rings is 1. The lowest BCUT2D eigenvalue weighted by Crippen LogP contribution is -2.39. The van der Waals surface area contributed by atoms with Crippen LogP contribution in [-0.4, -0.2) is 36.6 Å². The molecule has 0 atom stereocenters. The highest BCUT2D eigenvalue weighted by Gasteiger charge is 2.33. The number of aliphatic carboxylic acids is 1. The second kappa shape index (κ2) is 10.6. The van der Waals surface area contributed by atoms with E-state index in [2.05, 4.69) is 5.32 Å². The Hall–Kier alpha value is -1.14. The highest BCUT2D eigenvalue weighted by atomic mass is 16.4. The van der Waals surface area contributed by atoms with Crippen LogP contribution in [0, 0.1) is 10.8 Å². The first-order chi connectivity index (χ1) is 9.63. The Morgan fingerprint density at radius 2 is 1.67 bits per heavy atom. The van der Waals surface area contributed by atoms with Gasteiger partial charge in [-0.3, -0.25) is 9.59 Å². The van der Waals surface area contributed by atoms with E-state index in [0.29, 0.717) is 13.0 Å². The number of rotatable bonds is 4. The Bertz CT molecular complexity index is 311. The van der Waals surface area contributed by atoms with Crippen LogP contribution in [0.3, 0.4) is 0 Å². The Kier molecular flexibility index (Phi) is 11.1. The van der Waals surface area contributed by atoms with E-state index in [1.54, 1.807) is 0 Å².